The Morgan fingerprint density at radius 3 is 1.44 bits per heavy atom. The monoisotopic (exact) mass is 1270 g/mol. The molecule has 12 heterocycles. The number of hydrogen-bond donors (Lipinski definition) is 2. The van der Waals surface area contributed by atoms with E-state index in [0.29, 0.717) is 61.6 Å². The molecule has 95 heavy (non-hydrogen) atoms. The Morgan fingerprint density at radius 2 is 0.979 bits per heavy atom. The first kappa shape index (κ1) is 63.2. The van der Waals surface area contributed by atoms with Gasteiger partial charge >= 0.3 is 0 Å². The van der Waals surface area contributed by atoms with Crippen molar-refractivity contribution in [2.75, 3.05) is 58.0 Å². The van der Waals surface area contributed by atoms with Gasteiger partial charge < -0.3 is 29.6 Å². The second-order valence-corrected chi connectivity index (χ2v) is 24.9. The van der Waals surface area contributed by atoms with Crippen molar-refractivity contribution in [2.24, 2.45) is 53.6 Å². The summed E-state index contributed by atoms with van der Waals surface area (Å²) < 4.78 is 34.3. The normalized spacial score (nSPS) is 15.3. The number of anilines is 1. The molecule has 0 amide bonds. The van der Waals surface area contributed by atoms with Crippen LogP contribution in [0.1, 0.15) is 39.0 Å². The second kappa shape index (κ2) is 28.8. The molecule has 3 aliphatic rings. The molecule has 2 N–H and O–H groups in total. The van der Waals surface area contributed by atoms with Gasteiger partial charge in [0.2, 0.25) is 11.8 Å². The molecule has 12 aromatic rings. The van der Waals surface area contributed by atoms with Crippen LogP contribution in [0, 0.1) is 11.3 Å². The molecule has 3 aromatic carbocycles. The van der Waals surface area contributed by atoms with E-state index in [9.17, 15) is 0 Å². The largest absolute Gasteiger partial charge is 0.476 e. The quantitative estimate of drug-likeness (QED) is 0.0811. The Morgan fingerprint density at radius 1 is 0.505 bits per heavy atom. The van der Waals surface area contributed by atoms with Crippen LogP contribution in [0.3, 0.4) is 0 Å². The summed E-state index contributed by atoms with van der Waals surface area (Å²) in [5.74, 6) is 4.50. The van der Waals surface area contributed by atoms with E-state index >= 15 is 0 Å². The van der Waals surface area contributed by atoms with E-state index < -0.39 is 0 Å². The maximum Gasteiger partial charge on any atom is 0.226 e. The highest BCUT2D eigenvalue weighted by Gasteiger charge is 2.35. The van der Waals surface area contributed by atoms with Crippen LogP contribution < -0.4 is 20.1 Å². The van der Waals surface area contributed by atoms with Gasteiger partial charge in [0.05, 0.1) is 73.7 Å². The minimum atomic E-state index is 0.0115. The Labute approximate surface area is 551 Å². The SMILES string of the molecule is Cn1cc(-c2cccc(-c3ncc(-c4ccn(C)n4)c(OCC4CCCCO4)n3)c2)cn1.Cn1cc(-c2cccc(-c3ncc(-c4cnn(C)c4)c(NCC4CCNCC4)n3)c2)cn1.Cn1cc(-c2cccc(-c3ncc(-c4cnn(C)c4)c(OCC4(C)COC4)n3)c2)cn1. The Balaban J connectivity index is 0.000000129. The van der Waals surface area contributed by atoms with Crippen molar-refractivity contribution >= 4 is 5.82 Å². The molecule has 24 nitrogen and oxygen atoms in total. The van der Waals surface area contributed by atoms with Gasteiger partial charge in [0.1, 0.15) is 12.4 Å². The summed E-state index contributed by atoms with van der Waals surface area (Å²) in [5.41, 5.74) is 14.5. The average Bonchev–Trinajstić information content (AvgIpc) is 1.82. The molecule has 486 valence electrons. The maximum absolute atomic E-state index is 6.21. The van der Waals surface area contributed by atoms with E-state index in [2.05, 4.69) is 101 Å². The first-order chi connectivity index (χ1) is 46.3. The fourth-order valence-corrected chi connectivity index (χ4v) is 11.6. The smallest absolute Gasteiger partial charge is 0.226 e. The molecule has 3 saturated heterocycles. The third-order valence-electron chi connectivity index (χ3n) is 16.9. The highest BCUT2D eigenvalue weighted by molar-refractivity contribution is 5.78. The first-order valence-electron chi connectivity index (χ1n) is 32.1. The van der Waals surface area contributed by atoms with E-state index in [4.69, 9.17) is 38.9 Å². The van der Waals surface area contributed by atoms with Gasteiger partial charge in [-0.25, -0.2) is 19.9 Å². The van der Waals surface area contributed by atoms with Crippen LogP contribution in [0.2, 0.25) is 0 Å². The predicted octanol–water partition coefficient (Wildman–Crippen LogP) is 10.6. The van der Waals surface area contributed by atoms with Gasteiger partial charge in [0.15, 0.2) is 17.5 Å². The maximum atomic E-state index is 6.21. The molecular weight excluding hydrogens is 1200 g/mol. The summed E-state index contributed by atoms with van der Waals surface area (Å²) in [6.07, 6.45) is 32.3. The molecule has 3 fully saturated rings. The number of aryl methyl sites for hydroxylation is 6. The first-order valence-corrected chi connectivity index (χ1v) is 32.1. The summed E-state index contributed by atoms with van der Waals surface area (Å²) in [4.78, 5) is 28.5. The number of ether oxygens (including phenoxy) is 4. The Bertz CT molecular complexity index is 4350. The highest BCUT2D eigenvalue weighted by atomic mass is 16.5. The zero-order valence-corrected chi connectivity index (χ0v) is 54.6. The molecule has 0 saturated carbocycles. The molecule has 1 unspecified atom stereocenters. The standard InChI is InChI=1S/C24H28N8.C24H26N6O2.C23H24N6O2/c1-31-15-20(12-28-31)18-4-3-5-19(10-18)23-27-14-22(21-13-29-32(2)16-21)24(30-23)26-11-17-6-8-25-9-7-17;1-29-10-9-22(28-29)21-14-25-23(27-24(21)32-16-20-8-3-4-11-31-20)18-7-5-6-17(12-18)19-13-26-30(2)15-19;1-23(13-30-14-23)15-31-22-20(19-9-26-29(3)12-19)10-24-21(27-22)17-6-4-5-16(7-17)18-8-25-28(2)11-18/h3-5,10,12-17,25H,6-9,11H2,1-2H3,(H,26,27,30);5-7,9-10,12-15,20H,3-4,8,11,16H2,1-2H3;4-12H,13-15H2,1-3H3. The van der Waals surface area contributed by atoms with Crippen LogP contribution in [-0.2, 0) is 51.8 Å². The second-order valence-electron chi connectivity index (χ2n) is 24.9. The van der Waals surface area contributed by atoms with Crippen molar-refractivity contribution in [1.82, 2.24) is 93.9 Å². The zero-order chi connectivity index (χ0) is 65.3. The average molecular weight is 1280 g/mol. The van der Waals surface area contributed by atoms with Gasteiger partial charge in [-0.3, -0.25) is 28.1 Å². The molecule has 0 spiro atoms. The molecule has 0 bridgehead atoms. The summed E-state index contributed by atoms with van der Waals surface area (Å²) in [7, 11) is 11.4. The van der Waals surface area contributed by atoms with E-state index in [-0.39, 0.29) is 11.5 Å². The van der Waals surface area contributed by atoms with E-state index in [0.717, 1.165) is 135 Å². The van der Waals surface area contributed by atoms with Crippen LogP contribution in [0.5, 0.6) is 11.8 Å². The minimum absolute atomic E-state index is 0.0115. The van der Waals surface area contributed by atoms with Crippen LogP contribution in [-0.4, -0.2) is 147 Å². The predicted molar refractivity (Wildman–Crippen MR) is 363 cm³/mol. The van der Waals surface area contributed by atoms with Crippen LogP contribution in [0.4, 0.5) is 5.82 Å². The van der Waals surface area contributed by atoms with Gasteiger partial charge in [-0.15, -0.1) is 0 Å². The van der Waals surface area contributed by atoms with Crippen LogP contribution in [0.25, 0.3) is 101 Å². The summed E-state index contributed by atoms with van der Waals surface area (Å²) >= 11 is 0. The van der Waals surface area contributed by atoms with Gasteiger partial charge in [0.25, 0.3) is 0 Å². The fraction of sp³-hybridized carbons (Fsp3) is 0.324. The molecule has 24 heteroatoms. The lowest BCUT2D eigenvalue weighted by Crippen LogP contribution is -2.44. The van der Waals surface area contributed by atoms with Gasteiger partial charge in [0, 0.05) is 167 Å². The molecule has 0 radical (unpaired) electrons. The van der Waals surface area contributed by atoms with Gasteiger partial charge in [-0.05, 0) is 92.1 Å². The van der Waals surface area contributed by atoms with E-state index in [1.807, 2.05) is 158 Å². The zero-order valence-electron chi connectivity index (χ0n) is 54.6. The van der Waals surface area contributed by atoms with E-state index in [1.165, 1.54) is 12.8 Å². The van der Waals surface area contributed by atoms with Crippen molar-refractivity contribution in [3.05, 3.63) is 166 Å². The third-order valence-corrected chi connectivity index (χ3v) is 16.9. The lowest BCUT2D eigenvalue weighted by Gasteiger charge is -2.37. The molecule has 1 atom stereocenters. The Hall–Kier alpha value is -10.6. The number of piperidine rings is 1. The van der Waals surface area contributed by atoms with Gasteiger partial charge in [-0.1, -0.05) is 61.5 Å². The molecule has 9 aromatic heterocycles. The molecule has 3 aliphatic heterocycles. The summed E-state index contributed by atoms with van der Waals surface area (Å²) in [6, 6.07) is 26.5. The summed E-state index contributed by atoms with van der Waals surface area (Å²) in [5, 5.41) is 33.0. The van der Waals surface area contributed by atoms with Crippen LogP contribution in [0.15, 0.2) is 166 Å². The van der Waals surface area contributed by atoms with Crippen molar-refractivity contribution < 1.29 is 18.9 Å². The Kier molecular flexibility index (Phi) is 19.1. The van der Waals surface area contributed by atoms with Crippen molar-refractivity contribution in [1.29, 1.82) is 0 Å². The molecular formula is C71H78N20O4. The van der Waals surface area contributed by atoms with Crippen molar-refractivity contribution in [3.63, 3.8) is 0 Å². The number of nitrogens with zero attached hydrogens (tertiary/aromatic N) is 18. The minimum Gasteiger partial charge on any atom is -0.476 e. The lowest BCUT2D eigenvalue weighted by molar-refractivity contribution is -0.120. The lowest BCUT2D eigenvalue weighted by atomic mass is 9.90. The van der Waals surface area contributed by atoms with Crippen LogP contribution >= 0.6 is 0 Å². The van der Waals surface area contributed by atoms with Crippen molar-refractivity contribution in [3.8, 4) is 113 Å². The van der Waals surface area contributed by atoms with Crippen molar-refractivity contribution in [2.45, 2.75) is 45.1 Å². The molecule has 15 rings (SSSR count). The summed E-state index contributed by atoms with van der Waals surface area (Å²) in [6.45, 7) is 8.40. The van der Waals surface area contributed by atoms with Gasteiger partial charge in [-0.2, -0.15) is 40.6 Å². The number of aromatic nitrogens is 18. The highest BCUT2D eigenvalue weighted by Crippen LogP contribution is 2.36. The fourth-order valence-electron chi connectivity index (χ4n) is 11.6. The third kappa shape index (κ3) is 15.6. The number of rotatable bonds is 18. The number of benzene rings is 3. The number of hydrogen-bond acceptors (Lipinski definition) is 18. The molecule has 0 aliphatic carbocycles. The number of nitrogens with one attached hydrogen (secondary N) is 2. The van der Waals surface area contributed by atoms with E-state index in [1.54, 1.807) is 35.8 Å². The topological polar surface area (TPSA) is 245 Å².